The van der Waals surface area contributed by atoms with Crippen LogP contribution in [0.4, 0.5) is 15.8 Å². The summed E-state index contributed by atoms with van der Waals surface area (Å²) >= 11 is 0. The van der Waals surface area contributed by atoms with Gasteiger partial charge in [0.05, 0.1) is 19.3 Å². The number of carbonyl (C=O) groups excluding carboxylic acids is 1. The number of hydrogen-bond donors (Lipinski definition) is 1. The Hall–Kier alpha value is -2.56. The van der Waals surface area contributed by atoms with Gasteiger partial charge in [0, 0.05) is 17.7 Å². The maximum Gasteiger partial charge on any atom is 0.227 e. The van der Waals surface area contributed by atoms with Crippen LogP contribution in [-0.4, -0.2) is 13.0 Å². The van der Waals surface area contributed by atoms with E-state index in [1.54, 1.807) is 13.2 Å². The summed E-state index contributed by atoms with van der Waals surface area (Å²) in [5, 5.41) is 0. The summed E-state index contributed by atoms with van der Waals surface area (Å²) in [5.74, 6) is 0.239. The molecule has 1 aliphatic heterocycles. The van der Waals surface area contributed by atoms with Crippen molar-refractivity contribution < 1.29 is 13.9 Å². The fourth-order valence-electron chi connectivity index (χ4n) is 2.75. The van der Waals surface area contributed by atoms with E-state index in [2.05, 4.69) is 0 Å². The summed E-state index contributed by atoms with van der Waals surface area (Å²) in [5.41, 5.74) is 8.39. The molecule has 0 aliphatic carbocycles. The largest absolute Gasteiger partial charge is 0.497 e. The minimum atomic E-state index is -0.411. The smallest absolute Gasteiger partial charge is 0.227 e. The summed E-state index contributed by atoms with van der Waals surface area (Å²) in [6.07, 6.45) is 0.827. The molecule has 0 atom stereocenters. The molecule has 0 radical (unpaired) electrons. The lowest BCUT2D eigenvalue weighted by Gasteiger charge is -2.30. The van der Waals surface area contributed by atoms with Crippen molar-refractivity contribution in [1.29, 1.82) is 0 Å². The number of nitrogen functional groups attached to an aromatic ring is 1. The predicted molar refractivity (Wildman–Crippen MR) is 83.3 cm³/mol. The second kappa shape index (κ2) is 5.67. The number of methoxy groups -OCH3 is 1. The van der Waals surface area contributed by atoms with E-state index in [4.69, 9.17) is 10.5 Å². The number of anilines is 2. The number of nitrogens with zero attached hydrogens (tertiary/aromatic N) is 1. The highest BCUT2D eigenvalue weighted by Gasteiger charge is 2.28. The number of rotatable bonds is 3. The van der Waals surface area contributed by atoms with Gasteiger partial charge in [0.15, 0.2) is 0 Å². The number of halogens is 1. The molecule has 0 fully saturated rings. The van der Waals surface area contributed by atoms with Crippen molar-refractivity contribution in [3.63, 3.8) is 0 Å². The number of amides is 1. The molecule has 0 spiro atoms. The molecular weight excluding hydrogens is 283 g/mol. The molecule has 114 valence electrons. The van der Waals surface area contributed by atoms with Gasteiger partial charge in [0.2, 0.25) is 5.91 Å². The first kappa shape index (κ1) is 14.4. The van der Waals surface area contributed by atoms with Gasteiger partial charge >= 0.3 is 0 Å². The minimum Gasteiger partial charge on any atom is -0.497 e. The summed E-state index contributed by atoms with van der Waals surface area (Å²) in [6, 6.07) is 10.2. The molecule has 1 aliphatic rings. The van der Waals surface area contributed by atoms with Gasteiger partial charge in [-0.05, 0) is 36.2 Å². The second-order valence-corrected chi connectivity index (χ2v) is 5.29. The highest BCUT2D eigenvalue weighted by Crippen LogP contribution is 2.35. The van der Waals surface area contributed by atoms with E-state index in [-0.39, 0.29) is 5.91 Å². The molecule has 2 N–H and O–H groups in total. The van der Waals surface area contributed by atoms with Crippen molar-refractivity contribution in [2.75, 3.05) is 17.7 Å². The Morgan fingerprint density at radius 2 is 1.91 bits per heavy atom. The van der Waals surface area contributed by atoms with E-state index in [0.717, 1.165) is 11.3 Å². The number of ether oxygens (including phenoxy) is 1. The van der Waals surface area contributed by atoms with E-state index < -0.39 is 5.82 Å². The maximum atomic E-state index is 14.2. The molecule has 0 bridgehead atoms. The molecule has 3 rings (SSSR count). The first-order valence-electron chi connectivity index (χ1n) is 7.10. The molecule has 0 aromatic heterocycles. The van der Waals surface area contributed by atoms with Gasteiger partial charge in [-0.25, -0.2) is 4.39 Å². The lowest BCUT2D eigenvalue weighted by atomic mass is 9.98. The van der Waals surface area contributed by atoms with Gasteiger partial charge < -0.3 is 15.4 Å². The van der Waals surface area contributed by atoms with Gasteiger partial charge in [-0.1, -0.05) is 12.1 Å². The SMILES string of the molecule is COc1ccc(CN2C(=O)CCc3c(N)ccc(F)c32)cc1. The molecular formula is C17H17FN2O2. The van der Waals surface area contributed by atoms with Crippen molar-refractivity contribution in [1.82, 2.24) is 0 Å². The van der Waals surface area contributed by atoms with Crippen LogP contribution in [0, 0.1) is 5.82 Å². The number of fused-ring (bicyclic) bond motifs is 1. The molecule has 1 heterocycles. The standard InChI is InChI=1S/C17H17FN2O2/c1-22-12-4-2-11(3-5-12)10-20-16(21)9-6-13-15(19)8-7-14(18)17(13)20/h2-5,7-8H,6,9-10,19H2,1H3. The highest BCUT2D eigenvalue weighted by atomic mass is 19.1. The monoisotopic (exact) mass is 300 g/mol. The highest BCUT2D eigenvalue weighted by molar-refractivity contribution is 5.97. The summed E-state index contributed by atoms with van der Waals surface area (Å²) < 4.78 is 19.3. The topological polar surface area (TPSA) is 55.6 Å². The van der Waals surface area contributed by atoms with E-state index >= 15 is 0 Å². The van der Waals surface area contributed by atoms with Crippen molar-refractivity contribution in [3.05, 3.63) is 53.3 Å². The third-order valence-corrected chi connectivity index (χ3v) is 3.93. The van der Waals surface area contributed by atoms with Gasteiger partial charge in [0.25, 0.3) is 0 Å². The Morgan fingerprint density at radius 1 is 1.18 bits per heavy atom. The number of carbonyl (C=O) groups is 1. The van der Waals surface area contributed by atoms with Gasteiger partial charge in [-0.15, -0.1) is 0 Å². The molecule has 0 saturated carbocycles. The van der Waals surface area contributed by atoms with Crippen molar-refractivity contribution in [3.8, 4) is 5.75 Å². The number of nitrogens with two attached hydrogens (primary N) is 1. The van der Waals surface area contributed by atoms with E-state index in [1.165, 1.54) is 11.0 Å². The predicted octanol–water partition coefficient (Wildman–Crippen LogP) is 2.90. The molecule has 22 heavy (non-hydrogen) atoms. The van der Waals surface area contributed by atoms with E-state index in [0.29, 0.717) is 36.3 Å². The van der Waals surface area contributed by atoms with Gasteiger partial charge in [-0.3, -0.25) is 4.79 Å². The first-order valence-corrected chi connectivity index (χ1v) is 7.10. The van der Waals surface area contributed by atoms with Gasteiger partial charge in [-0.2, -0.15) is 0 Å². The van der Waals surface area contributed by atoms with E-state index in [9.17, 15) is 9.18 Å². The average molecular weight is 300 g/mol. The summed E-state index contributed by atoms with van der Waals surface area (Å²) in [4.78, 5) is 13.7. The summed E-state index contributed by atoms with van der Waals surface area (Å²) in [7, 11) is 1.59. The molecule has 5 heteroatoms. The Labute approximate surface area is 128 Å². The van der Waals surface area contributed by atoms with Crippen LogP contribution >= 0.6 is 0 Å². The van der Waals surface area contributed by atoms with Crippen LogP contribution in [0.2, 0.25) is 0 Å². The number of hydrogen-bond acceptors (Lipinski definition) is 3. The quantitative estimate of drug-likeness (QED) is 0.887. The fourth-order valence-corrected chi connectivity index (χ4v) is 2.75. The van der Waals surface area contributed by atoms with Crippen molar-refractivity contribution in [2.24, 2.45) is 0 Å². The van der Waals surface area contributed by atoms with Crippen molar-refractivity contribution >= 4 is 17.3 Å². The second-order valence-electron chi connectivity index (χ2n) is 5.29. The van der Waals surface area contributed by atoms with Crippen LogP contribution in [0.3, 0.4) is 0 Å². The lowest BCUT2D eigenvalue weighted by molar-refractivity contribution is -0.119. The molecule has 1 amide bonds. The minimum absolute atomic E-state index is 0.0900. The Bertz CT molecular complexity index is 713. The Morgan fingerprint density at radius 3 is 2.59 bits per heavy atom. The van der Waals surface area contributed by atoms with E-state index in [1.807, 2.05) is 24.3 Å². The van der Waals surface area contributed by atoms with Gasteiger partial charge in [0.1, 0.15) is 11.6 Å². The lowest BCUT2D eigenvalue weighted by Crippen LogP contribution is -2.35. The third-order valence-electron chi connectivity index (χ3n) is 3.93. The van der Waals surface area contributed by atoms with Crippen LogP contribution in [0.1, 0.15) is 17.5 Å². The zero-order valence-electron chi connectivity index (χ0n) is 12.3. The molecule has 4 nitrogen and oxygen atoms in total. The van der Waals surface area contributed by atoms with Crippen molar-refractivity contribution in [2.45, 2.75) is 19.4 Å². The molecule has 0 unspecified atom stereocenters. The zero-order chi connectivity index (χ0) is 15.7. The first-order chi connectivity index (χ1) is 10.6. The van der Waals surface area contributed by atoms with Crippen LogP contribution in [0.15, 0.2) is 36.4 Å². The maximum absolute atomic E-state index is 14.2. The normalized spacial score (nSPS) is 13.9. The van der Waals surface area contributed by atoms with Crippen LogP contribution in [-0.2, 0) is 17.8 Å². The van der Waals surface area contributed by atoms with Crippen LogP contribution in [0.25, 0.3) is 0 Å². The molecule has 2 aromatic rings. The fraction of sp³-hybridized carbons (Fsp3) is 0.235. The molecule has 2 aromatic carbocycles. The van der Waals surface area contributed by atoms with Crippen LogP contribution in [0.5, 0.6) is 5.75 Å². The number of benzene rings is 2. The van der Waals surface area contributed by atoms with Crippen LogP contribution < -0.4 is 15.4 Å². The Balaban J connectivity index is 1.96. The zero-order valence-corrected chi connectivity index (χ0v) is 12.3. The molecule has 0 saturated heterocycles. The average Bonchev–Trinajstić information content (AvgIpc) is 2.54. The third kappa shape index (κ3) is 2.50. The summed E-state index contributed by atoms with van der Waals surface area (Å²) in [6.45, 7) is 0.316. The Kier molecular flexibility index (Phi) is 3.71.